The first-order valence-corrected chi connectivity index (χ1v) is 4.50. The van der Waals surface area contributed by atoms with Gasteiger partial charge in [0.05, 0.1) is 24.5 Å². The van der Waals surface area contributed by atoms with E-state index in [2.05, 4.69) is 9.84 Å². The molecule has 5 nitrogen and oxygen atoms in total. The predicted molar refractivity (Wildman–Crippen MR) is 49.9 cm³/mol. The second-order valence-corrected chi connectivity index (χ2v) is 3.01. The summed E-state index contributed by atoms with van der Waals surface area (Å²) in [5, 5.41) is 4.31. The predicted octanol–water partition coefficient (Wildman–Crippen LogP) is 0.918. The number of ether oxygens (including phenoxy) is 1. The van der Waals surface area contributed by atoms with Crippen LogP contribution in [0, 0.1) is 0 Å². The molecule has 0 saturated heterocycles. The summed E-state index contributed by atoms with van der Waals surface area (Å²) in [5.41, 5.74) is 0. The van der Waals surface area contributed by atoms with Crippen LogP contribution in [-0.2, 0) is 9.53 Å². The quantitative estimate of drug-likeness (QED) is 0.545. The highest BCUT2D eigenvalue weighted by Crippen LogP contribution is 2.03. The van der Waals surface area contributed by atoms with E-state index in [1.54, 1.807) is 6.20 Å². The van der Waals surface area contributed by atoms with Crippen molar-refractivity contribution in [1.29, 1.82) is 0 Å². The lowest BCUT2D eigenvalue weighted by Gasteiger charge is -2.03. The molecular formula is C8H11ClN2O3. The summed E-state index contributed by atoms with van der Waals surface area (Å²) in [6, 6.07) is 0. The minimum atomic E-state index is -0.243. The number of esters is 1. The number of halogens is 1. The Bertz CT molecular complexity index is 301. The van der Waals surface area contributed by atoms with Crippen LogP contribution in [0.2, 0.25) is 5.02 Å². The van der Waals surface area contributed by atoms with Crippen molar-refractivity contribution in [3.05, 3.63) is 17.4 Å². The molecule has 0 saturated carbocycles. The molecule has 0 amide bonds. The fraction of sp³-hybridized carbons (Fsp3) is 0.500. The lowest BCUT2D eigenvalue weighted by molar-refractivity contribution is -0.141. The van der Waals surface area contributed by atoms with Gasteiger partial charge in [-0.1, -0.05) is 11.6 Å². The van der Waals surface area contributed by atoms with Gasteiger partial charge in [0.25, 0.3) is 0 Å². The minimum Gasteiger partial charge on any atom is -0.469 e. The number of nitrogens with zero attached hydrogens (tertiary/aromatic N) is 2. The van der Waals surface area contributed by atoms with Crippen molar-refractivity contribution in [2.75, 3.05) is 13.7 Å². The van der Waals surface area contributed by atoms with Gasteiger partial charge in [-0.05, 0) is 6.42 Å². The third-order valence-electron chi connectivity index (χ3n) is 1.51. The first kappa shape index (κ1) is 10.8. The minimum absolute atomic E-state index is 0.243. The second-order valence-electron chi connectivity index (χ2n) is 2.57. The first-order valence-electron chi connectivity index (χ1n) is 4.12. The van der Waals surface area contributed by atoms with E-state index in [1.807, 2.05) is 0 Å². The highest BCUT2D eigenvalue weighted by molar-refractivity contribution is 6.30. The molecule has 1 heterocycles. The van der Waals surface area contributed by atoms with Gasteiger partial charge >= 0.3 is 5.97 Å². The lowest BCUT2D eigenvalue weighted by atomic mass is 10.3. The van der Waals surface area contributed by atoms with Crippen LogP contribution in [0.15, 0.2) is 12.4 Å². The average Bonchev–Trinajstić information content (AvgIpc) is 2.58. The Morgan fingerprint density at radius 3 is 3.07 bits per heavy atom. The van der Waals surface area contributed by atoms with E-state index in [9.17, 15) is 4.79 Å². The molecule has 0 unspecified atom stereocenters. The van der Waals surface area contributed by atoms with Crippen LogP contribution < -0.4 is 4.84 Å². The molecular weight excluding hydrogens is 208 g/mol. The van der Waals surface area contributed by atoms with Gasteiger partial charge in [-0.3, -0.25) is 4.79 Å². The lowest BCUT2D eigenvalue weighted by Crippen LogP contribution is -2.14. The van der Waals surface area contributed by atoms with Crippen molar-refractivity contribution < 1.29 is 14.4 Å². The summed E-state index contributed by atoms with van der Waals surface area (Å²) in [4.78, 5) is 17.1. The first-order chi connectivity index (χ1) is 6.72. The van der Waals surface area contributed by atoms with Gasteiger partial charge in [-0.15, -0.1) is 9.94 Å². The molecule has 1 aromatic rings. The zero-order valence-corrected chi connectivity index (χ0v) is 8.53. The maximum absolute atomic E-state index is 10.7. The maximum atomic E-state index is 10.7. The number of hydrogen-bond donors (Lipinski definition) is 0. The van der Waals surface area contributed by atoms with Crippen LogP contribution in [0.25, 0.3) is 0 Å². The molecule has 0 aliphatic carbocycles. The Balaban J connectivity index is 2.13. The molecule has 0 atom stereocenters. The normalized spacial score (nSPS) is 9.86. The molecule has 0 N–H and O–H groups in total. The van der Waals surface area contributed by atoms with Crippen molar-refractivity contribution in [3.8, 4) is 0 Å². The van der Waals surface area contributed by atoms with E-state index in [1.165, 1.54) is 18.2 Å². The van der Waals surface area contributed by atoms with Crippen molar-refractivity contribution in [2.45, 2.75) is 12.8 Å². The molecule has 14 heavy (non-hydrogen) atoms. The van der Waals surface area contributed by atoms with Crippen LogP contribution in [0.3, 0.4) is 0 Å². The summed E-state index contributed by atoms with van der Waals surface area (Å²) >= 11 is 5.61. The SMILES string of the molecule is COC(=O)CCCOn1cc(Cl)cn1. The van der Waals surface area contributed by atoms with E-state index < -0.39 is 0 Å². The molecule has 6 heteroatoms. The largest absolute Gasteiger partial charge is 0.469 e. The number of carbonyl (C=O) groups is 1. The molecule has 1 aromatic heterocycles. The number of aromatic nitrogens is 2. The van der Waals surface area contributed by atoms with Crippen LogP contribution in [0.1, 0.15) is 12.8 Å². The topological polar surface area (TPSA) is 53.4 Å². The van der Waals surface area contributed by atoms with Gasteiger partial charge in [-0.2, -0.15) is 0 Å². The highest BCUT2D eigenvalue weighted by Gasteiger charge is 2.00. The number of hydrogen-bond acceptors (Lipinski definition) is 4. The Labute approximate surface area is 86.5 Å². The van der Waals surface area contributed by atoms with Gasteiger partial charge < -0.3 is 9.57 Å². The zero-order valence-electron chi connectivity index (χ0n) is 7.77. The fourth-order valence-electron chi connectivity index (χ4n) is 0.831. The summed E-state index contributed by atoms with van der Waals surface area (Å²) in [5.74, 6) is -0.243. The summed E-state index contributed by atoms with van der Waals surface area (Å²) in [7, 11) is 1.36. The summed E-state index contributed by atoms with van der Waals surface area (Å²) in [6.07, 6.45) is 3.94. The van der Waals surface area contributed by atoms with Gasteiger partial charge in [0.1, 0.15) is 6.61 Å². The molecule has 0 aliphatic rings. The molecule has 1 rings (SSSR count). The second kappa shape index (κ2) is 5.49. The molecule has 78 valence electrons. The maximum Gasteiger partial charge on any atom is 0.305 e. The zero-order chi connectivity index (χ0) is 10.4. The Kier molecular flexibility index (Phi) is 4.25. The average molecular weight is 219 g/mol. The number of methoxy groups -OCH3 is 1. The van der Waals surface area contributed by atoms with E-state index >= 15 is 0 Å². The Morgan fingerprint density at radius 2 is 2.50 bits per heavy atom. The molecule has 0 bridgehead atoms. The van der Waals surface area contributed by atoms with Crippen LogP contribution in [0.4, 0.5) is 0 Å². The fourth-order valence-corrected chi connectivity index (χ4v) is 0.959. The summed E-state index contributed by atoms with van der Waals surface area (Å²) < 4.78 is 4.47. The van der Waals surface area contributed by atoms with Gasteiger partial charge in [0, 0.05) is 6.42 Å². The smallest absolute Gasteiger partial charge is 0.305 e. The molecule has 0 aromatic carbocycles. The van der Waals surface area contributed by atoms with Gasteiger partial charge in [0.2, 0.25) is 0 Å². The van der Waals surface area contributed by atoms with E-state index in [0.717, 1.165) is 0 Å². The third-order valence-corrected chi connectivity index (χ3v) is 1.70. The number of rotatable bonds is 5. The summed E-state index contributed by atoms with van der Waals surface area (Å²) in [6.45, 7) is 0.396. The van der Waals surface area contributed by atoms with E-state index in [0.29, 0.717) is 24.5 Å². The molecule has 0 fully saturated rings. The Morgan fingerprint density at radius 1 is 1.71 bits per heavy atom. The number of carbonyl (C=O) groups excluding carboxylic acids is 1. The molecule has 0 spiro atoms. The van der Waals surface area contributed by atoms with Crippen molar-refractivity contribution >= 4 is 17.6 Å². The third kappa shape index (κ3) is 3.66. The monoisotopic (exact) mass is 218 g/mol. The van der Waals surface area contributed by atoms with Crippen molar-refractivity contribution in [2.24, 2.45) is 0 Å². The van der Waals surface area contributed by atoms with E-state index in [4.69, 9.17) is 16.4 Å². The highest BCUT2D eigenvalue weighted by atomic mass is 35.5. The van der Waals surface area contributed by atoms with Crippen molar-refractivity contribution in [3.63, 3.8) is 0 Å². The van der Waals surface area contributed by atoms with E-state index in [-0.39, 0.29) is 5.97 Å². The van der Waals surface area contributed by atoms with Crippen LogP contribution >= 0.6 is 11.6 Å². The molecule has 0 radical (unpaired) electrons. The Hall–Kier alpha value is -1.23. The molecule has 0 aliphatic heterocycles. The van der Waals surface area contributed by atoms with Gasteiger partial charge in [-0.25, -0.2) is 0 Å². The standard InChI is InChI=1S/C8H11ClN2O3/c1-13-8(12)3-2-4-14-11-6-7(9)5-10-11/h5-6H,2-4H2,1H3. The van der Waals surface area contributed by atoms with Crippen molar-refractivity contribution in [1.82, 2.24) is 9.94 Å². The van der Waals surface area contributed by atoms with Crippen LogP contribution in [0.5, 0.6) is 0 Å². The van der Waals surface area contributed by atoms with Gasteiger partial charge in [0.15, 0.2) is 0 Å². The van der Waals surface area contributed by atoms with Crippen LogP contribution in [-0.4, -0.2) is 29.6 Å².